The minimum absolute atomic E-state index is 0.156. The van der Waals surface area contributed by atoms with Crippen LogP contribution in [0.15, 0.2) is 0 Å². The van der Waals surface area contributed by atoms with E-state index in [0.717, 1.165) is 30.1 Å². The molecule has 4 nitrogen and oxygen atoms in total. The molecular formula is C10H14ClN3OS. The molecule has 1 atom stereocenters. The number of hydrogen-bond donors (Lipinski definition) is 1. The molecule has 0 radical (unpaired) electrons. The third kappa shape index (κ3) is 3.15. The van der Waals surface area contributed by atoms with E-state index in [0.29, 0.717) is 9.47 Å². The minimum Gasteiger partial charge on any atom is -0.347 e. The van der Waals surface area contributed by atoms with Crippen molar-refractivity contribution in [2.24, 2.45) is 5.92 Å². The molecule has 0 spiro atoms. The molecule has 1 amide bonds. The standard InChI is InChI=1S/C10H14ClN3OS/c1-2-7(5-6-3-4-6)12-8(15)9-13-14-10(11)16-9/h6-7H,2-5H2,1H3,(H,12,15). The van der Waals surface area contributed by atoms with Gasteiger partial charge in [0.2, 0.25) is 9.47 Å². The molecule has 16 heavy (non-hydrogen) atoms. The van der Waals surface area contributed by atoms with Gasteiger partial charge in [-0.1, -0.05) is 31.1 Å². The van der Waals surface area contributed by atoms with Crippen LogP contribution >= 0.6 is 22.9 Å². The first-order chi connectivity index (χ1) is 7.69. The summed E-state index contributed by atoms with van der Waals surface area (Å²) in [5, 5.41) is 10.7. The van der Waals surface area contributed by atoms with Gasteiger partial charge in [-0.2, -0.15) is 0 Å². The van der Waals surface area contributed by atoms with Crippen LogP contribution in [-0.2, 0) is 0 Å². The van der Waals surface area contributed by atoms with Crippen molar-refractivity contribution in [3.05, 3.63) is 9.47 Å². The van der Waals surface area contributed by atoms with Crippen molar-refractivity contribution in [3.8, 4) is 0 Å². The highest BCUT2D eigenvalue weighted by Gasteiger charge is 2.26. The molecule has 1 aliphatic rings. The lowest BCUT2D eigenvalue weighted by Crippen LogP contribution is -2.34. The van der Waals surface area contributed by atoms with Crippen LogP contribution in [0.3, 0.4) is 0 Å². The fourth-order valence-electron chi connectivity index (χ4n) is 1.63. The average Bonchev–Trinajstić information content (AvgIpc) is 2.97. The van der Waals surface area contributed by atoms with Crippen LogP contribution in [0.2, 0.25) is 4.47 Å². The molecule has 0 bridgehead atoms. The molecule has 1 aromatic rings. The number of rotatable bonds is 5. The van der Waals surface area contributed by atoms with E-state index >= 15 is 0 Å². The zero-order chi connectivity index (χ0) is 11.5. The second-order valence-corrected chi connectivity index (χ2v) is 5.68. The van der Waals surface area contributed by atoms with E-state index in [1.807, 2.05) is 0 Å². The fraction of sp³-hybridized carbons (Fsp3) is 0.700. The van der Waals surface area contributed by atoms with Gasteiger partial charge < -0.3 is 5.32 Å². The Bertz CT molecular complexity index is 378. The molecule has 0 saturated heterocycles. The largest absolute Gasteiger partial charge is 0.347 e. The Kier molecular flexibility index (Phi) is 3.76. The van der Waals surface area contributed by atoms with Gasteiger partial charge in [-0.15, -0.1) is 10.2 Å². The van der Waals surface area contributed by atoms with Gasteiger partial charge >= 0.3 is 0 Å². The van der Waals surface area contributed by atoms with Crippen molar-refractivity contribution in [2.45, 2.75) is 38.6 Å². The van der Waals surface area contributed by atoms with Crippen LogP contribution in [0.25, 0.3) is 0 Å². The van der Waals surface area contributed by atoms with Gasteiger partial charge in [-0.05, 0) is 30.4 Å². The summed E-state index contributed by atoms with van der Waals surface area (Å²) in [6.07, 6.45) is 4.64. The third-order valence-electron chi connectivity index (χ3n) is 2.74. The van der Waals surface area contributed by atoms with E-state index in [1.54, 1.807) is 0 Å². The zero-order valence-electron chi connectivity index (χ0n) is 9.07. The Morgan fingerprint density at radius 3 is 2.88 bits per heavy atom. The van der Waals surface area contributed by atoms with Gasteiger partial charge in [-0.3, -0.25) is 4.79 Å². The quantitative estimate of drug-likeness (QED) is 0.884. The highest BCUT2D eigenvalue weighted by molar-refractivity contribution is 7.17. The Morgan fingerprint density at radius 2 is 2.38 bits per heavy atom. The van der Waals surface area contributed by atoms with Gasteiger partial charge in [0.15, 0.2) is 0 Å². The number of amides is 1. The zero-order valence-corrected chi connectivity index (χ0v) is 10.6. The number of nitrogens with one attached hydrogen (secondary N) is 1. The second-order valence-electron chi connectivity index (χ2n) is 4.12. The normalized spacial score (nSPS) is 17.1. The van der Waals surface area contributed by atoms with Gasteiger partial charge in [0.25, 0.3) is 5.91 Å². The van der Waals surface area contributed by atoms with Gasteiger partial charge in [0.05, 0.1) is 0 Å². The summed E-state index contributed by atoms with van der Waals surface area (Å²) >= 11 is 6.75. The predicted molar refractivity (Wildman–Crippen MR) is 63.8 cm³/mol. The van der Waals surface area contributed by atoms with Gasteiger partial charge in [0.1, 0.15) is 0 Å². The number of aromatic nitrogens is 2. The summed E-state index contributed by atoms with van der Waals surface area (Å²) in [6.45, 7) is 2.08. The molecule has 1 heterocycles. The molecule has 6 heteroatoms. The first-order valence-corrected chi connectivity index (χ1v) is 6.68. The Labute approximate surface area is 103 Å². The molecule has 1 fully saturated rings. The Morgan fingerprint density at radius 1 is 1.62 bits per heavy atom. The molecule has 2 rings (SSSR count). The fourth-order valence-corrected chi connectivity index (χ4v) is 2.36. The number of halogens is 1. The van der Waals surface area contributed by atoms with Crippen LogP contribution in [0.5, 0.6) is 0 Å². The van der Waals surface area contributed by atoms with E-state index in [4.69, 9.17) is 11.6 Å². The molecule has 88 valence electrons. The molecule has 1 saturated carbocycles. The smallest absolute Gasteiger partial charge is 0.282 e. The van der Waals surface area contributed by atoms with Crippen LogP contribution in [0.4, 0.5) is 0 Å². The summed E-state index contributed by atoms with van der Waals surface area (Å²) in [4.78, 5) is 11.8. The minimum atomic E-state index is -0.156. The van der Waals surface area contributed by atoms with Crippen molar-refractivity contribution in [2.75, 3.05) is 0 Å². The monoisotopic (exact) mass is 259 g/mol. The van der Waals surface area contributed by atoms with Crippen molar-refractivity contribution in [1.82, 2.24) is 15.5 Å². The first kappa shape index (κ1) is 11.8. The topological polar surface area (TPSA) is 54.9 Å². The first-order valence-electron chi connectivity index (χ1n) is 5.49. The molecule has 0 aliphatic heterocycles. The molecule has 0 aromatic carbocycles. The Hall–Kier alpha value is -0.680. The van der Waals surface area contributed by atoms with Crippen LogP contribution in [0, 0.1) is 5.92 Å². The lowest BCUT2D eigenvalue weighted by Gasteiger charge is -2.15. The van der Waals surface area contributed by atoms with E-state index in [9.17, 15) is 4.79 Å². The SMILES string of the molecule is CCC(CC1CC1)NC(=O)c1nnc(Cl)s1. The van der Waals surface area contributed by atoms with Crippen LogP contribution in [0.1, 0.15) is 42.4 Å². The van der Waals surface area contributed by atoms with Crippen molar-refractivity contribution in [1.29, 1.82) is 0 Å². The molecule has 1 aliphatic carbocycles. The van der Waals surface area contributed by atoms with Crippen LogP contribution in [-0.4, -0.2) is 22.1 Å². The van der Waals surface area contributed by atoms with Gasteiger partial charge in [-0.25, -0.2) is 0 Å². The highest BCUT2D eigenvalue weighted by atomic mass is 35.5. The van der Waals surface area contributed by atoms with E-state index in [2.05, 4.69) is 22.4 Å². The maximum atomic E-state index is 11.8. The number of carbonyl (C=O) groups excluding carboxylic acids is 1. The number of carbonyl (C=O) groups is 1. The highest BCUT2D eigenvalue weighted by Crippen LogP contribution is 2.34. The molecule has 1 unspecified atom stereocenters. The van der Waals surface area contributed by atoms with Crippen LogP contribution < -0.4 is 5.32 Å². The molecule has 1 aromatic heterocycles. The lowest BCUT2D eigenvalue weighted by molar-refractivity contribution is 0.0931. The van der Waals surface area contributed by atoms with Crippen molar-refractivity contribution < 1.29 is 4.79 Å². The van der Waals surface area contributed by atoms with E-state index in [-0.39, 0.29) is 11.9 Å². The summed E-state index contributed by atoms with van der Waals surface area (Å²) < 4.78 is 0.306. The van der Waals surface area contributed by atoms with E-state index < -0.39 is 0 Å². The summed E-state index contributed by atoms with van der Waals surface area (Å²) in [5.74, 6) is 0.653. The molecule has 1 N–H and O–H groups in total. The number of hydrogen-bond acceptors (Lipinski definition) is 4. The van der Waals surface area contributed by atoms with E-state index in [1.165, 1.54) is 12.8 Å². The molecular weight excluding hydrogens is 246 g/mol. The van der Waals surface area contributed by atoms with Crippen molar-refractivity contribution in [3.63, 3.8) is 0 Å². The number of nitrogens with zero attached hydrogens (tertiary/aromatic N) is 2. The summed E-state index contributed by atoms with van der Waals surface area (Å²) in [7, 11) is 0. The maximum absolute atomic E-state index is 11.8. The third-order valence-corrected chi connectivity index (χ3v) is 3.75. The maximum Gasteiger partial charge on any atom is 0.282 e. The van der Waals surface area contributed by atoms with Gasteiger partial charge in [0, 0.05) is 6.04 Å². The average molecular weight is 260 g/mol. The predicted octanol–water partition coefficient (Wildman–Crippen LogP) is 2.50. The lowest BCUT2D eigenvalue weighted by atomic mass is 10.1. The van der Waals surface area contributed by atoms with Crippen molar-refractivity contribution >= 4 is 28.8 Å². The second kappa shape index (κ2) is 5.10. The summed E-state index contributed by atoms with van der Waals surface area (Å²) in [6, 6.07) is 0.252. The summed E-state index contributed by atoms with van der Waals surface area (Å²) in [5.41, 5.74) is 0. The Balaban J connectivity index is 1.89.